The van der Waals surface area contributed by atoms with Crippen LogP contribution in [0.2, 0.25) is 0 Å². The number of hydrogen-bond acceptors (Lipinski definition) is 3. The number of aliphatic carboxylic acids is 1. The fraction of sp³-hybridized carbons (Fsp3) is 0.917. The van der Waals surface area contributed by atoms with Crippen LogP contribution < -0.4 is 5.32 Å². The minimum atomic E-state index is -0.657. The second kappa shape index (κ2) is 5.64. The third-order valence-electron chi connectivity index (χ3n) is 3.86. The fourth-order valence-corrected chi connectivity index (χ4v) is 2.88. The second-order valence-electron chi connectivity index (χ2n) is 5.03. The molecule has 2 rings (SSSR count). The molecule has 16 heavy (non-hydrogen) atoms. The van der Waals surface area contributed by atoms with Gasteiger partial charge in [-0.3, -0.25) is 9.69 Å². The third kappa shape index (κ3) is 2.95. The fourth-order valence-electron chi connectivity index (χ4n) is 2.88. The summed E-state index contributed by atoms with van der Waals surface area (Å²) < 4.78 is 0. The zero-order chi connectivity index (χ0) is 11.4. The summed E-state index contributed by atoms with van der Waals surface area (Å²) in [7, 11) is 0. The first-order chi connectivity index (χ1) is 7.77. The number of hydrogen-bond donors (Lipinski definition) is 2. The summed E-state index contributed by atoms with van der Waals surface area (Å²) in [4.78, 5) is 13.5. The quantitative estimate of drug-likeness (QED) is 0.735. The van der Waals surface area contributed by atoms with Crippen LogP contribution >= 0.6 is 0 Å². The molecule has 1 aliphatic heterocycles. The molecule has 2 fully saturated rings. The van der Waals surface area contributed by atoms with Crippen LogP contribution in [0.25, 0.3) is 0 Å². The molecule has 4 heteroatoms. The highest BCUT2D eigenvalue weighted by Gasteiger charge is 2.28. The van der Waals surface area contributed by atoms with Crippen molar-refractivity contribution in [1.29, 1.82) is 0 Å². The number of carboxylic acids is 1. The molecule has 1 aliphatic carbocycles. The van der Waals surface area contributed by atoms with Gasteiger partial charge in [0.05, 0.1) is 5.92 Å². The Bertz CT molecular complexity index is 239. The zero-order valence-electron chi connectivity index (χ0n) is 9.82. The molecule has 0 amide bonds. The maximum absolute atomic E-state index is 11.1. The van der Waals surface area contributed by atoms with E-state index in [-0.39, 0.29) is 5.92 Å². The molecular weight excluding hydrogens is 204 g/mol. The number of nitrogens with zero attached hydrogens (tertiary/aromatic N) is 1. The van der Waals surface area contributed by atoms with E-state index in [0.717, 1.165) is 19.6 Å². The first kappa shape index (κ1) is 11.9. The van der Waals surface area contributed by atoms with Crippen LogP contribution in [0.4, 0.5) is 0 Å². The van der Waals surface area contributed by atoms with Gasteiger partial charge in [-0.1, -0.05) is 19.3 Å². The van der Waals surface area contributed by atoms with Gasteiger partial charge in [-0.2, -0.15) is 0 Å². The third-order valence-corrected chi connectivity index (χ3v) is 3.86. The molecule has 4 nitrogen and oxygen atoms in total. The Morgan fingerprint density at radius 3 is 2.69 bits per heavy atom. The number of carboxylic acid groups (broad SMARTS) is 1. The standard InChI is InChI=1S/C12H22N2O2/c15-12(16)10-8-13-6-7-14(9-10)11-4-2-1-3-5-11/h10-11,13H,1-9H2,(H,15,16). The van der Waals surface area contributed by atoms with E-state index in [1.165, 1.54) is 32.1 Å². The molecule has 2 N–H and O–H groups in total. The molecule has 1 saturated carbocycles. The average Bonchev–Trinajstić information content (AvgIpc) is 2.56. The molecule has 1 atom stereocenters. The zero-order valence-corrected chi connectivity index (χ0v) is 9.82. The van der Waals surface area contributed by atoms with Gasteiger partial charge in [0.25, 0.3) is 0 Å². The lowest BCUT2D eigenvalue weighted by molar-refractivity contribution is -0.142. The van der Waals surface area contributed by atoms with Crippen LogP contribution in [-0.2, 0) is 4.79 Å². The molecule has 0 aromatic rings. The van der Waals surface area contributed by atoms with Crippen molar-refractivity contribution in [2.45, 2.75) is 38.1 Å². The Hall–Kier alpha value is -0.610. The molecule has 92 valence electrons. The summed E-state index contributed by atoms with van der Waals surface area (Å²) in [5.41, 5.74) is 0. The first-order valence-electron chi connectivity index (χ1n) is 6.45. The van der Waals surface area contributed by atoms with Crippen LogP contribution in [-0.4, -0.2) is 48.2 Å². The normalized spacial score (nSPS) is 29.9. The van der Waals surface area contributed by atoms with E-state index in [9.17, 15) is 4.79 Å². The van der Waals surface area contributed by atoms with Crippen LogP contribution in [0.1, 0.15) is 32.1 Å². The SMILES string of the molecule is O=C(O)C1CNCCN(C2CCCCC2)C1. The summed E-state index contributed by atoms with van der Waals surface area (Å²) in [6, 6.07) is 0.635. The van der Waals surface area contributed by atoms with Crippen molar-refractivity contribution >= 4 is 5.97 Å². The summed E-state index contributed by atoms with van der Waals surface area (Å²) in [5.74, 6) is -0.889. The second-order valence-corrected chi connectivity index (χ2v) is 5.03. The van der Waals surface area contributed by atoms with Crippen molar-refractivity contribution in [2.24, 2.45) is 5.92 Å². The van der Waals surface area contributed by atoms with E-state index in [0.29, 0.717) is 12.6 Å². The lowest BCUT2D eigenvalue weighted by Crippen LogP contribution is -2.41. The van der Waals surface area contributed by atoms with Crippen LogP contribution in [0, 0.1) is 5.92 Å². The van der Waals surface area contributed by atoms with Gasteiger partial charge in [0, 0.05) is 32.2 Å². The van der Waals surface area contributed by atoms with Crippen LogP contribution in [0.5, 0.6) is 0 Å². The Labute approximate surface area is 97.0 Å². The number of nitrogens with one attached hydrogen (secondary N) is 1. The molecule has 0 bridgehead atoms. The molecule has 0 spiro atoms. The topological polar surface area (TPSA) is 52.6 Å². The van der Waals surface area contributed by atoms with Crippen molar-refractivity contribution in [3.63, 3.8) is 0 Å². The maximum atomic E-state index is 11.1. The minimum absolute atomic E-state index is 0.232. The van der Waals surface area contributed by atoms with Crippen molar-refractivity contribution < 1.29 is 9.90 Å². The van der Waals surface area contributed by atoms with E-state index in [4.69, 9.17) is 5.11 Å². The Kier molecular flexibility index (Phi) is 4.18. The van der Waals surface area contributed by atoms with Gasteiger partial charge >= 0.3 is 5.97 Å². The highest BCUT2D eigenvalue weighted by Crippen LogP contribution is 2.23. The van der Waals surface area contributed by atoms with Gasteiger partial charge in [0.1, 0.15) is 0 Å². The summed E-state index contributed by atoms with van der Waals surface area (Å²) in [5, 5.41) is 12.3. The Morgan fingerprint density at radius 2 is 2.00 bits per heavy atom. The largest absolute Gasteiger partial charge is 0.481 e. The molecule has 2 aliphatic rings. The van der Waals surface area contributed by atoms with Gasteiger partial charge in [-0.25, -0.2) is 0 Å². The van der Waals surface area contributed by atoms with Crippen molar-refractivity contribution in [3.8, 4) is 0 Å². The van der Waals surface area contributed by atoms with E-state index < -0.39 is 5.97 Å². The maximum Gasteiger partial charge on any atom is 0.309 e. The number of carbonyl (C=O) groups is 1. The molecule has 1 unspecified atom stereocenters. The van der Waals surface area contributed by atoms with Crippen LogP contribution in [0.3, 0.4) is 0 Å². The minimum Gasteiger partial charge on any atom is -0.481 e. The van der Waals surface area contributed by atoms with Crippen molar-refractivity contribution in [1.82, 2.24) is 10.2 Å². The summed E-state index contributed by atoms with van der Waals surface area (Å²) in [6.45, 7) is 3.29. The smallest absolute Gasteiger partial charge is 0.309 e. The molecule has 0 aromatic carbocycles. The van der Waals surface area contributed by atoms with Crippen molar-refractivity contribution in [3.05, 3.63) is 0 Å². The molecule has 0 aromatic heterocycles. The number of rotatable bonds is 2. The van der Waals surface area contributed by atoms with Gasteiger partial charge in [0.2, 0.25) is 0 Å². The summed E-state index contributed by atoms with van der Waals surface area (Å²) in [6.07, 6.45) is 6.49. The van der Waals surface area contributed by atoms with Gasteiger partial charge in [0.15, 0.2) is 0 Å². The Morgan fingerprint density at radius 1 is 1.25 bits per heavy atom. The Balaban J connectivity index is 1.93. The van der Waals surface area contributed by atoms with E-state index in [2.05, 4.69) is 10.2 Å². The van der Waals surface area contributed by atoms with Crippen LogP contribution in [0.15, 0.2) is 0 Å². The van der Waals surface area contributed by atoms with E-state index in [1.807, 2.05) is 0 Å². The van der Waals surface area contributed by atoms with Gasteiger partial charge in [-0.15, -0.1) is 0 Å². The predicted octanol–water partition coefficient (Wildman–Crippen LogP) is 0.925. The lowest BCUT2D eigenvalue weighted by atomic mass is 9.93. The average molecular weight is 226 g/mol. The highest BCUT2D eigenvalue weighted by atomic mass is 16.4. The lowest BCUT2D eigenvalue weighted by Gasteiger charge is -2.34. The summed E-state index contributed by atoms with van der Waals surface area (Å²) >= 11 is 0. The van der Waals surface area contributed by atoms with Crippen molar-refractivity contribution in [2.75, 3.05) is 26.2 Å². The highest BCUT2D eigenvalue weighted by molar-refractivity contribution is 5.70. The van der Waals surface area contributed by atoms with E-state index >= 15 is 0 Å². The monoisotopic (exact) mass is 226 g/mol. The molecule has 1 saturated heterocycles. The molecule has 1 heterocycles. The molecular formula is C12H22N2O2. The molecule has 0 radical (unpaired) electrons. The first-order valence-corrected chi connectivity index (χ1v) is 6.45. The van der Waals surface area contributed by atoms with Gasteiger partial charge in [-0.05, 0) is 12.8 Å². The predicted molar refractivity (Wildman–Crippen MR) is 62.4 cm³/mol. The van der Waals surface area contributed by atoms with Gasteiger partial charge < -0.3 is 10.4 Å². The van der Waals surface area contributed by atoms with E-state index in [1.54, 1.807) is 0 Å².